The predicted octanol–water partition coefficient (Wildman–Crippen LogP) is 4.50. The smallest absolute Gasteiger partial charge is 0.337 e. The number of ether oxygens (including phenoxy) is 1. The summed E-state index contributed by atoms with van der Waals surface area (Å²) >= 11 is 0. The van der Waals surface area contributed by atoms with Crippen LogP contribution in [0.5, 0.6) is 0 Å². The van der Waals surface area contributed by atoms with Crippen molar-refractivity contribution in [3.05, 3.63) is 87.2 Å². The Hall–Kier alpha value is -4.71. The van der Waals surface area contributed by atoms with E-state index in [2.05, 4.69) is 10.1 Å². The predicted molar refractivity (Wildman–Crippen MR) is 116 cm³/mol. The molecule has 160 valence electrons. The lowest BCUT2D eigenvalue weighted by Gasteiger charge is -2.05. The zero-order valence-corrected chi connectivity index (χ0v) is 17.1. The van der Waals surface area contributed by atoms with Gasteiger partial charge in [0.15, 0.2) is 0 Å². The monoisotopic (exact) mass is 431 g/mol. The first-order chi connectivity index (χ1) is 15.3. The molecule has 32 heavy (non-hydrogen) atoms. The third kappa shape index (κ3) is 4.88. The van der Waals surface area contributed by atoms with Crippen LogP contribution in [0.15, 0.2) is 64.6 Å². The molecule has 1 aromatic heterocycles. The third-order valence-corrected chi connectivity index (χ3v) is 4.54. The van der Waals surface area contributed by atoms with E-state index in [0.717, 1.165) is 5.56 Å². The summed E-state index contributed by atoms with van der Waals surface area (Å²) in [6, 6.07) is 15.4. The summed E-state index contributed by atoms with van der Waals surface area (Å²) in [4.78, 5) is 34.5. The van der Waals surface area contributed by atoms with Gasteiger partial charge in [-0.25, -0.2) is 4.79 Å². The first-order valence-electron chi connectivity index (χ1n) is 9.29. The minimum absolute atomic E-state index is 0.0746. The number of nitriles is 1. The molecule has 0 saturated heterocycles. The molecule has 0 saturated carbocycles. The fraction of sp³-hybridized carbons (Fsp3) is 0.0870. The molecular weight excluding hydrogens is 414 g/mol. The minimum Gasteiger partial charge on any atom is -0.465 e. The Labute approximate surface area is 182 Å². The number of non-ortho nitro benzene ring substituents is 1. The number of rotatable bonds is 6. The Balaban J connectivity index is 1.80. The van der Waals surface area contributed by atoms with Gasteiger partial charge in [0.25, 0.3) is 11.6 Å². The topological polar surface area (TPSA) is 135 Å². The van der Waals surface area contributed by atoms with Crippen molar-refractivity contribution in [2.24, 2.45) is 0 Å². The lowest BCUT2D eigenvalue weighted by molar-refractivity contribution is -0.384. The highest BCUT2D eigenvalue weighted by Gasteiger charge is 2.15. The molecular formula is C23H17N3O6. The Kier molecular flexibility index (Phi) is 6.46. The summed E-state index contributed by atoms with van der Waals surface area (Å²) in [6.07, 6.45) is 1.27. The molecule has 1 N–H and O–H groups in total. The summed E-state index contributed by atoms with van der Waals surface area (Å²) in [5.41, 5.74) is 1.73. The molecule has 0 spiro atoms. The molecule has 0 fully saturated rings. The molecule has 9 nitrogen and oxygen atoms in total. The molecule has 0 aliphatic rings. The van der Waals surface area contributed by atoms with Gasteiger partial charge in [-0.1, -0.05) is 6.07 Å². The van der Waals surface area contributed by atoms with Crippen LogP contribution in [0.2, 0.25) is 0 Å². The van der Waals surface area contributed by atoms with E-state index in [1.54, 1.807) is 25.1 Å². The van der Waals surface area contributed by atoms with Gasteiger partial charge in [0.1, 0.15) is 23.2 Å². The van der Waals surface area contributed by atoms with Gasteiger partial charge < -0.3 is 14.5 Å². The molecule has 0 aliphatic carbocycles. The molecule has 3 aromatic rings. The van der Waals surface area contributed by atoms with Gasteiger partial charge in [0, 0.05) is 29.5 Å². The lowest BCUT2D eigenvalue weighted by atomic mass is 10.1. The van der Waals surface area contributed by atoms with Crippen LogP contribution in [-0.4, -0.2) is 23.9 Å². The molecule has 3 rings (SSSR count). The molecule has 0 bridgehead atoms. The third-order valence-electron chi connectivity index (χ3n) is 4.54. The molecule has 0 aliphatic heterocycles. The van der Waals surface area contributed by atoms with Crippen LogP contribution >= 0.6 is 0 Å². The molecule has 0 atom stereocenters. The number of furan rings is 1. The van der Waals surface area contributed by atoms with Crippen molar-refractivity contribution in [2.75, 3.05) is 12.4 Å². The van der Waals surface area contributed by atoms with E-state index in [-0.39, 0.29) is 17.0 Å². The minimum atomic E-state index is -0.664. The molecule has 2 aromatic carbocycles. The summed E-state index contributed by atoms with van der Waals surface area (Å²) in [6.45, 7) is 1.79. The normalized spacial score (nSPS) is 10.8. The molecule has 1 heterocycles. The van der Waals surface area contributed by atoms with Crippen molar-refractivity contribution in [3.63, 3.8) is 0 Å². The second-order valence-electron chi connectivity index (χ2n) is 6.65. The Bertz CT molecular complexity index is 1270. The Morgan fingerprint density at radius 1 is 1.16 bits per heavy atom. The van der Waals surface area contributed by atoms with Crippen molar-refractivity contribution in [1.29, 1.82) is 5.26 Å². The van der Waals surface area contributed by atoms with Crippen LogP contribution in [0.1, 0.15) is 21.7 Å². The summed E-state index contributed by atoms with van der Waals surface area (Å²) in [5.74, 6) is -0.567. The van der Waals surface area contributed by atoms with Crippen LogP contribution in [0, 0.1) is 28.4 Å². The number of nitrogens with one attached hydrogen (secondary N) is 1. The van der Waals surface area contributed by atoms with Gasteiger partial charge >= 0.3 is 5.97 Å². The molecule has 1 amide bonds. The van der Waals surface area contributed by atoms with E-state index in [1.165, 1.54) is 49.6 Å². The number of carbonyl (C=O) groups is 2. The van der Waals surface area contributed by atoms with Gasteiger partial charge in [-0.2, -0.15) is 5.26 Å². The first kappa shape index (κ1) is 22.0. The number of benzene rings is 2. The van der Waals surface area contributed by atoms with Crippen LogP contribution in [0.4, 0.5) is 11.4 Å². The van der Waals surface area contributed by atoms with E-state index in [1.807, 2.05) is 6.07 Å². The number of nitro groups is 1. The zero-order chi connectivity index (χ0) is 23.3. The number of nitrogens with zero attached hydrogens (tertiary/aromatic N) is 2. The number of hydrogen-bond donors (Lipinski definition) is 1. The number of methoxy groups -OCH3 is 1. The second-order valence-corrected chi connectivity index (χ2v) is 6.65. The molecule has 0 unspecified atom stereocenters. The maximum atomic E-state index is 12.5. The number of carbonyl (C=O) groups excluding carboxylic acids is 2. The first-order valence-corrected chi connectivity index (χ1v) is 9.29. The highest BCUT2D eigenvalue weighted by Crippen LogP contribution is 2.29. The highest BCUT2D eigenvalue weighted by molar-refractivity contribution is 6.09. The summed E-state index contributed by atoms with van der Waals surface area (Å²) in [7, 11) is 1.27. The standard InChI is InChI=1S/C23H17N3O6/c1-14-3-8-18(26(29)30)12-20(14)21-10-9-19(32-21)11-16(13-24)22(27)25-17-6-4-15(5-7-17)23(28)31-2/h3-12H,1-2H3,(H,25,27)/b16-11+. The maximum absolute atomic E-state index is 12.5. The van der Waals surface area contributed by atoms with E-state index in [0.29, 0.717) is 22.6 Å². The lowest BCUT2D eigenvalue weighted by Crippen LogP contribution is -2.13. The summed E-state index contributed by atoms with van der Waals surface area (Å²) in [5, 5.41) is 23.0. The number of nitro benzene ring substituents is 1. The fourth-order valence-electron chi connectivity index (χ4n) is 2.86. The average Bonchev–Trinajstić information content (AvgIpc) is 3.25. The van der Waals surface area contributed by atoms with Gasteiger partial charge in [-0.15, -0.1) is 0 Å². The summed E-state index contributed by atoms with van der Waals surface area (Å²) < 4.78 is 10.3. The number of anilines is 1. The van der Waals surface area contributed by atoms with E-state index < -0.39 is 16.8 Å². The zero-order valence-electron chi connectivity index (χ0n) is 17.1. The maximum Gasteiger partial charge on any atom is 0.337 e. The quantitative estimate of drug-likeness (QED) is 0.200. The van der Waals surface area contributed by atoms with Gasteiger partial charge in [-0.05, 0) is 48.9 Å². The molecule has 0 radical (unpaired) electrons. The second kappa shape index (κ2) is 9.40. The van der Waals surface area contributed by atoms with Crippen LogP contribution in [-0.2, 0) is 9.53 Å². The van der Waals surface area contributed by atoms with Crippen LogP contribution in [0.3, 0.4) is 0 Å². The van der Waals surface area contributed by atoms with E-state index in [9.17, 15) is 25.0 Å². The highest BCUT2D eigenvalue weighted by atomic mass is 16.6. The van der Waals surface area contributed by atoms with E-state index >= 15 is 0 Å². The van der Waals surface area contributed by atoms with Gasteiger partial charge in [0.2, 0.25) is 0 Å². The van der Waals surface area contributed by atoms with Crippen molar-refractivity contribution in [1.82, 2.24) is 0 Å². The van der Waals surface area contributed by atoms with Crippen molar-refractivity contribution in [2.45, 2.75) is 6.92 Å². The van der Waals surface area contributed by atoms with Gasteiger partial charge in [0.05, 0.1) is 17.6 Å². The number of hydrogen-bond acceptors (Lipinski definition) is 7. The van der Waals surface area contributed by atoms with Crippen molar-refractivity contribution in [3.8, 4) is 17.4 Å². The Morgan fingerprint density at radius 3 is 2.50 bits per heavy atom. The Morgan fingerprint density at radius 2 is 1.88 bits per heavy atom. The van der Waals surface area contributed by atoms with E-state index in [4.69, 9.17) is 4.42 Å². The fourth-order valence-corrected chi connectivity index (χ4v) is 2.86. The largest absolute Gasteiger partial charge is 0.465 e. The van der Waals surface area contributed by atoms with Gasteiger partial charge in [-0.3, -0.25) is 14.9 Å². The average molecular weight is 431 g/mol. The van der Waals surface area contributed by atoms with Crippen molar-refractivity contribution < 1.29 is 23.7 Å². The number of esters is 1. The van der Waals surface area contributed by atoms with Crippen LogP contribution in [0.25, 0.3) is 17.4 Å². The van der Waals surface area contributed by atoms with Crippen LogP contribution < -0.4 is 5.32 Å². The number of aryl methyl sites for hydroxylation is 1. The van der Waals surface area contributed by atoms with Crippen molar-refractivity contribution >= 4 is 29.3 Å². The number of amides is 1. The SMILES string of the molecule is COC(=O)c1ccc(NC(=O)/C(C#N)=C/c2ccc(-c3cc([N+](=O)[O-])ccc3C)o2)cc1. The molecule has 9 heteroatoms.